The molecule has 0 spiro atoms. The number of nitrogens with zero attached hydrogens (tertiary/aromatic N) is 2. The monoisotopic (exact) mass is 294 g/mol. The van der Waals surface area contributed by atoms with Gasteiger partial charge in [-0.1, -0.05) is 24.3 Å². The highest BCUT2D eigenvalue weighted by Gasteiger charge is 2.32. The van der Waals surface area contributed by atoms with Crippen LogP contribution in [0.25, 0.3) is 10.8 Å². The molecule has 0 radical (unpaired) electrons. The predicted octanol–water partition coefficient (Wildman–Crippen LogP) is 3.82. The molecule has 2 heterocycles. The van der Waals surface area contributed by atoms with Crippen LogP contribution in [0.4, 0.5) is 11.4 Å². The molecule has 0 amide bonds. The SMILES string of the molecule is CC1OC1C=Nc1cccc2c(N=CC3OC3C)cccc12. The van der Waals surface area contributed by atoms with Crippen molar-refractivity contribution in [1.29, 1.82) is 0 Å². The predicted molar refractivity (Wildman–Crippen MR) is 88.9 cm³/mol. The molecule has 0 aliphatic carbocycles. The Hall–Kier alpha value is -2.04. The Labute approximate surface area is 129 Å². The minimum absolute atomic E-state index is 0.157. The van der Waals surface area contributed by atoms with E-state index in [0.717, 1.165) is 22.1 Å². The van der Waals surface area contributed by atoms with E-state index >= 15 is 0 Å². The maximum atomic E-state index is 5.37. The van der Waals surface area contributed by atoms with Gasteiger partial charge in [-0.05, 0) is 26.0 Å². The van der Waals surface area contributed by atoms with Gasteiger partial charge < -0.3 is 9.47 Å². The zero-order valence-corrected chi connectivity index (χ0v) is 12.6. The molecule has 2 saturated heterocycles. The highest BCUT2D eigenvalue weighted by Crippen LogP contribution is 2.33. The van der Waals surface area contributed by atoms with Crippen molar-refractivity contribution in [3.05, 3.63) is 36.4 Å². The van der Waals surface area contributed by atoms with E-state index in [9.17, 15) is 0 Å². The molecule has 0 N–H and O–H groups in total. The third kappa shape index (κ3) is 2.67. The second-order valence-corrected chi connectivity index (χ2v) is 5.82. The number of fused-ring (bicyclic) bond motifs is 1. The van der Waals surface area contributed by atoms with Crippen molar-refractivity contribution < 1.29 is 9.47 Å². The molecule has 0 aromatic heterocycles. The lowest BCUT2D eigenvalue weighted by Crippen LogP contribution is -1.90. The summed E-state index contributed by atoms with van der Waals surface area (Å²) >= 11 is 0. The van der Waals surface area contributed by atoms with Crippen LogP contribution < -0.4 is 0 Å². The maximum Gasteiger partial charge on any atom is 0.119 e. The van der Waals surface area contributed by atoms with E-state index in [1.54, 1.807) is 0 Å². The van der Waals surface area contributed by atoms with Crippen molar-refractivity contribution in [2.45, 2.75) is 38.3 Å². The van der Waals surface area contributed by atoms with Gasteiger partial charge in [0, 0.05) is 23.2 Å². The summed E-state index contributed by atoms with van der Waals surface area (Å²) in [7, 11) is 0. The number of hydrogen-bond donors (Lipinski definition) is 0. The Morgan fingerprint density at radius 1 is 0.773 bits per heavy atom. The van der Waals surface area contributed by atoms with Gasteiger partial charge in [0.05, 0.1) is 23.6 Å². The van der Waals surface area contributed by atoms with Gasteiger partial charge in [-0.2, -0.15) is 0 Å². The fourth-order valence-corrected chi connectivity index (χ4v) is 2.53. The van der Waals surface area contributed by atoms with Gasteiger partial charge in [-0.25, -0.2) is 0 Å². The summed E-state index contributed by atoms with van der Waals surface area (Å²) in [5, 5.41) is 2.21. The summed E-state index contributed by atoms with van der Waals surface area (Å²) in [6.45, 7) is 4.10. The summed E-state index contributed by atoms with van der Waals surface area (Å²) in [6.07, 6.45) is 4.67. The molecule has 4 atom stereocenters. The summed E-state index contributed by atoms with van der Waals surface area (Å²) in [4.78, 5) is 9.16. The number of epoxide rings is 2. The van der Waals surface area contributed by atoms with Crippen LogP contribution in [0.1, 0.15) is 13.8 Å². The zero-order chi connectivity index (χ0) is 15.1. The van der Waals surface area contributed by atoms with E-state index < -0.39 is 0 Å². The van der Waals surface area contributed by atoms with Crippen LogP contribution >= 0.6 is 0 Å². The smallest absolute Gasteiger partial charge is 0.119 e. The van der Waals surface area contributed by atoms with E-state index in [0.29, 0.717) is 12.2 Å². The average Bonchev–Trinajstić information content (AvgIpc) is 3.42. The van der Waals surface area contributed by atoms with Crippen LogP contribution in [0.5, 0.6) is 0 Å². The van der Waals surface area contributed by atoms with Crippen molar-refractivity contribution >= 4 is 34.6 Å². The minimum Gasteiger partial charge on any atom is -0.364 e. The highest BCUT2D eigenvalue weighted by molar-refractivity contribution is 6.01. The number of hydrogen-bond acceptors (Lipinski definition) is 4. The van der Waals surface area contributed by atoms with Gasteiger partial charge in [0.2, 0.25) is 0 Å². The van der Waals surface area contributed by atoms with Gasteiger partial charge in [0.25, 0.3) is 0 Å². The number of aliphatic imine (C=N–C) groups is 2. The minimum atomic E-state index is 0.157. The first-order chi connectivity index (χ1) is 10.7. The molecule has 4 rings (SSSR count). The molecule has 22 heavy (non-hydrogen) atoms. The van der Waals surface area contributed by atoms with Gasteiger partial charge in [0.1, 0.15) is 12.2 Å². The van der Waals surface area contributed by atoms with Crippen LogP contribution in [0.2, 0.25) is 0 Å². The van der Waals surface area contributed by atoms with Crippen molar-refractivity contribution in [3.8, 4) is 0 Å². The standard InChI is InChI=1S/C18H18N2O2/c1-11-17(21-11)9-19-15-7-3-6-14-13(15)5-4-8-16(14)20-10-18-12(2)22-18/h3-12,17-18H,1-2H3. The molecule has 2 fully saturated rings. The normalized spacial score (nSPS) is 30.5. The molecule has 2 aromatic rings. The molecule has 4 heteroatoms. The fraction of sp³-hybridized carbons (Fsp3) is 0.333. The first-order valence-corrected chi connectivity index (χ1v) is 7.63. The lowest BCUT2D eigenvalue weighted by Gasteiger charge is -2.04. The van der Waals surface area contributed by atoms with Crippen molar-refractivity contribution in [2.75, 3.05) is 0 Å². The lowest BCUT2D eigenvalue weighted by molar-refractivity contribution is 0.408. The van der Waals surface area contributed by atoms with Crippen molar-refractivity contribution in [2.24, 2.45) is 9.98 Å². The van der Waals surface area contributed by atoms with Gasteiger partial charge in [-0.15, -0.1) is 0 Å². The van der Waals surface area contributed by atoms with E-state index in [4.69, 9.17) is 9.47 Å². The third-order valence-electron chi connectivity index (χ3n) is 4.11. The first kappa shape index (κ1) is 13.6. The van der Waals surface area contributed by atoms with Gasteiger partial charge >= 0.3 is 0 Å². The molecule has 2 aromatic carbocycles. The second kappa shape index (κ2) is 5.30. The van der Waals surface area contributed by atoms with E-state index in [2.05, 4.69) is 22.1 Å². The Balaban J connectivity index is 1.67. The summed E-state index contributed by atoms with van der Waals surface area (Å²) < 4.78 is 10.7. The zero-order valence-electron chi connectivity index (χ0n) is 12.6. The van der Waals surface area contributed by atoms with Crippen LogP contribution in [0.3, 0.4) is 0 Å². The Kier molecular flexibility index (Phi) is 3.28. The summed E-state index contributed by atoms with van der Waals surface area (Å²) in [5.41, 5.74) is 1.90. The van der Waals surface area contributed by atoms with E-state index in [1.165, 1.54) is 0 Å². The van der Waals surface area contributed by atoms with E-state index in [1.807, 2.05) is 50.5 Å². The Morgan fingerprint density at radius 2 is 1.18 bits per heavy atom. The molecule has 0 saturated carbocycles. The van der Waals surface area contributed by atoms with Crippen LogP contribution in [-0.4, -0.2) is 36.8 Å². The molecule has 4 unspecified atom stereocenters. The van der Waals surface area contributed by atoms with Crippen molar-refractivity contribution in [1.82, 2.24) is 0 Å². The number of benzene rings is 2. The van der Waals surface area contributed by atoms with Crippen molar-refractivity contribution in [3.63, 3.8) is 0 Å². The average molecular weight is 294 g/mol. The second-order valence-electron chi connectivity index (χ2n) is 5.82. The molecule has 0 bridgehead atoms. The molecule has 2 aliphatic rings. The number of ether oxygens (including phenoxy) is 2. The summed E-state index contributed by atoms with van der Waals surface area (Å²) in [5.74, 6) is 0. The third-order valence-corrected chi connectivity index (χ3v) is 4.11. The largest absolute Gasteiger partial charge is 0.364 e. The van der Waals surface area contributed by atoms with Crippen LogP contribution in [0.15, 0.2) is 46.4 Å². The van der Waals surface area contributed by atoms with Gasteiger partial charge in [0.15, 0.2) is 0 Å². The first-order valence-electron chi connectivity index (χ1n) is 7.63. The van der Waals surface area contributed by atoms with Crippen LogP contribution in [0, 0.1) is 0 Å². The van der Waals surface area contributed by atoms with E-state index in [-0.39, 0.29) is 12.2 Å². The highest BCUT2D eigenvalue weighted by atomic mass is 16.6. The maximum absolute atomic E-state index is 5.37. The summed E-state index contributed by atoms with van der Waals surface area (Å²) in [6, 6.07) is 12.2. The lowest BCUT2D eigenvalue weighted by atomic mass is 10.1. The Bertz CT molecular complexity index is 704. The molecule has 112 valence electrons. The van der Waals surface area contributed by atoms with Gasteiger partial charge in [-0.3, -0.25) is 9.98 Å². The molecular formula is C18H18N2O2. The fourth-order valence-electron chi connectivity index (χ4n) is 2.53. The quantitative estimate of drug-likeness (QED) is 0.636. The molecular weight excluding hydrogens is 276 g/mol. The molecule has 4 nitrogen and oxygen atoms in total. The molecule has 2 aliphatic heterocycles. The topological polar surface area (TPSA) is 49.8 Å². The number of rotatable bonds is 4. The van der Waals surface area contributed by atoms with Crippen LogP contribution in [-0.2, 0) is 9.47 Å². The Morgan fingerprint density at radius 3 is 1.55 bits per heavy atom.